The molecule has 1 fully saturated rings. The van der Waals surface area contributed by atoms with Gasteiger partial charge in [0.2, 0.25) is 0 Å². The summed E-state index contributed by atoms with van der Waals surface area (Å²) in [6.45, 7) is 3.49. The summed E-state index contributed by atoms with van der Waals surface area (Å²) >= 11 is 0. The van der Waals surface area contributed by atoms with Crippen LogP contribution in [0, 0.1) is 0 Å². The third-order valence-electron chi connectivity index (χ3n) is 4.81. The van der Waals surface area contributed by atoms with Crippen molar-refractivity contribution in [2.45, 2.75) is 19.6 Å². The van der Waals surface area contributed by atoms with Crippen LogP contribution in [-0.4, -0.2) is 47.9 Å². The molecule has 2 aromatic rings. The number of hydrogen-bond acceptors (Lipinski definition) is 4. The van der Waals surface area contributed by atoms with Crippen LogP contribution in [0.4, 0.5) is 10.5 Å². The fourth-order valence-corrected chi connectivity index (χ4v) is 3.34. The summed E-state index contributed by atoms with van der Waals surface area (Å²) in [6.07, 6.45) is 3.69. The van der Waals surface area contributed by atoms with E-state index in [0.29, 0.717) is 45.0 Å². The number of nitrogens with one attached hydrogen (secondary N) is 1. The van der Waals surface area contributed by atoms with Crippen molar-refractivity contribution >= 4 is 17.6 Å². The standard InChI is InChI=1S/C19H21N3O4/c23-18(15-4-9-25-12-15)21-5-1-6-22(8-7-21)19(24)20-17-3-2-14-11-26-13-16(14)10-17/h2-4,9-10,12H,1,5-8,11,13H2,(H,20,24). The highest BCUT2D eigenvalue weighted by Gasteiger charge is 2.23. The van der Waals surface area contributed by atoms with E-state index in [0.717, 1.165) is 17.7 Å². The van der Waals surface area contributed by atoms with Crippen molar-refractivity contribution in [2.75, 3.05) is 31.5 Å². The number of rotatable bonds is 2. The van der Waals surface area contributed by atoms with Crippen LogP contribution in [0.15, 0.2) is 41.2 Å². The molecule has 0 aliphatic carbocycles. The van der Waals surface area contributed by atoms with E-state index in [9.17, 15) is 9.59 Å². The third kappa shape index (κ3) is 3.43. The maximum absolute atomic E-state index is 12.6. The number of amides is 3. The Bertz CT molecular complexity index is 803. The van der Waals surface area contributed by atoms with Gasteiger partial charge in [0.25, 0.3) is 5.91 Å². The van der Waals surface area contributed by atoms with E-state index in [4.69, 9.17) is 9.15 Å². The minimum Gasteiger partial charge on any atom is -0.472 e. The molecule has 4 rings (SSSR count). The number of carbonyl (C=O) groups is 2. The number of urea groups is 1. The molecule has 2 aliphatic heterocycles. The first-order valence-electron chi connectivity index (χ1n) is 8.77. The molecule has 1 N–H and O–H groups in total. The van der Waals surface area contributed by atoms with Gasteiger partial charge in [0.15, 0.2) is 0 Å². The molecule has 0 saturated carbocycles. The third-order valence-corrected chi connectivity index (χ3v) is 4.81. The van der Waals surface area contributed by atoms with Crippen LogP contribution in [0.5, 0.6) is 0 Å². The van der Waals surface area contributed by atoms with Gasteiger partial charge in [0, 0.05) is 31.9 Å². The molecule has 0 bridgehead atoms. The maximum Gasteiger partial charge on any atom is 0.321 e. The van der Waals surface area contributed by atoms with Crippen molar-refractivity contribution in [2.24, 2.45) is 0 Å². The lowest BCUT2D eigenvalue weighted by Gasteiger charge is -2.22. The first-order valence-corrected chi connectivity index (χ1v) is 8.77. The number of anilines is 1. The van der Waals surface area contributed by atoms with Crippen LogP contribution < -0.4 is 5.32 Å². The van der Waals surface area contributed by atoms with Gasteiger partial charge in [0.1, 0.15) is 6.26 Å². The number of furan rings is 1. The summed E-state index contributed by atoms with van der Waals surface area (Å²) in [5, 5.41) is 2.95. The smallest absolute Gasteiger partial charge is 0.321 e. The maximum atomic E-state index is 12.6. The predicted molar refractivity (Wildman–Crippen MR) is 94.8 cm³/mol. The Morgan fingerprint density at radius 1 is 0.962 bits per heavy atom. The van der Waals surface area contributed by atoms with E-state index in [1.165, 1.54) is 18.1 Å². The number of benzene rings is 1. The molecule has 0 atom stereocenters. The van der Waals surface area contributed by atoms with Crippen LogP contribution >= 0.6 is 0 Å². The highest BCUT2D eigenvalue weighted by molar-refractivity contribution is 5.94. The average Bonchev–Trinajstić information content (AvgIpc) is 3.28. The molecular weight excluding hydrogens is 334 g/mol. The highest BCUT2D eigenvalue weighted by atomic mass is 16.5. The lowest BCUT2D eigenvalue weighted by Crippen LogP contribution is -2.39. The molecule has 1 aromatic carbocycles. The lowest BCUT2D eigenvalue weighted by atomic mass is 10.1. The number of fused-ring (bicyclic) bond motifs is 1. The zero-order chi connectivity index (χ0) is 17.9. The summed E-state index contributed by atoms with van der Waals surface area (Å²) in [5.74, 6) is -0.0559. The van der Waals surface area contributed by atoms with Crippen molar-refractivity contribution in [1.82, 2.24) is 9.80 Å². The summed E-state index contributed by atoms with van der Waals surface area (Å²) in [4.78, 5) is 28.5. The second kappa shape index (κ2) is 7.21. The minimum atomic E-state index is -0.138. The molecule has 1 aromatic heterocycles. The Labute approximate surface area is 151 Å². The van der Waals surface area contributed by atoms with Gasteiger partial charge in [-0.1, -0.05) is 6.07 Å². The molecule has 136 valence electrons. The Kier molecular flexibility index (Phi) is 4.62. The van der Waals surface area contributed by atoms with E-state index >= 15 is 0 Å². The number of carbonyl (C=O) groups excluding carboxylic acids is 2. The van der Waals surface area contributed by atoms with Gasteiger partial charge in [-0.3, -0.25) is 4.79 Å². The van der Waals surface area contributed by atoms with Crippen LogP contribution in [-0.2, 0) is 18.0 Å². The average molecular weight is 355 g/mol. The van der Waals surface area contributed by atoms with Crippen molar-refractivity contribution in [3.63, 3.8) is 0 Å². The van der Waals surface area contributed by atoms with E-state index in [1.807, 2.05) is 18.2 Å². The number of hydrogen-bond donors (Lipinski definition) is 1. The van der Waals surface area contributed by atoms with Crippen LogP contribution in [0.25, 0.3) is 0 Å². The summed E-state index contributed by atoms with van der Waals surface area (Å²) in [6, 6.07) is 7.38. The second-order valence-corrected chi connectivity index (χ2v) is 6.55. The van der Waals surface area contributed by atoms with Crippen molar-refractivity contribution in [3.05, 3.63) is 53.5 Å². The Balaban J connectivity index is 1.36. The molecule has 3 amide bonds. The molecule has 7 nitrogen and oxygen atoms in total. The predicted octanol–water partition coefficient (Wildman–Crippen LogP) is 2.69. The topological polar surface area (TPSA) is 75.0 Å². The number of nitrogens with zero attached hydrogens (tertiary/aromatic N) is 2. The van der Waals surface area contributed by atoms with E-state index in [-0.39, 0.29) is 11.9 Å². The highest BCUT2D eigenvalue weighted by Crippen LogP contribution is 2.23. The molecule has 0 unspecified atom stereocenters. The Morgan fingerprint density at radius 3 is 2.62 bits per heavy atom. The second-order valence-electron chi connectivity index (χ2n) is 6.55. The van der Waals surface area contributed by atoms with Gasteiger partial charge >= 0.3 is 6.03 Å². The van der Waals surface area contributed by atoms with Gasteiger partial charge < -0.3 is 24.3 Å². The monoisotopic (exact) mass is 355 g/mol. The molecule has 2 aliphatic rings. The normalized spacial score (nSPS) is 16.9. The molecule has 0 radical (unpaired) electrons. The zero-order valence-electron chi connectivity index (χ0n) is 14.4. The van der Waals surface area contributed by atoms with Crippen LogP contribution in [0.2, 0.25) is 0 Å². The van der Waals surface area contributed by atoms with Crippen LogP contribution in [0.1, 0.15) is 27.9 Å². The molecular formula is C19H21N3O4. The molecule has 3 heterocycles. The summed E-state index contributed by atoms with van der Waals surface area (Å²) < 4.78 is 10.4. The first-order chi connectivity index (χ1) is 12.7. The largest absolute Gasteiger partial charge is 0.472 e. The van der Waals surface area contributed by atoms with Gasteiger partial charge in [-0.15, -0.1) is 0 Å². The van der Waals surface area contributed by atoms with Crippen molar-refractivity contribution in [3.8, 4) is 0 Å². The molecule has 26 heavy (non-hydrogen) atoms. The molecule has 0 spiro atoms. The number of ether oxygens (including phenoxy) is 1. The first kappa shape index (κ1) is 16.7. The molecule has 7 heteroatoms. The summed E-state index contributed by atoms with van der Waals surface area (Å²) in [7, 11) is 0. The van der Waals surface area contributed by atoms with Gasteiger partial charge in [-0.25, -0.2) is 4.79 Å². The van der Waals surface area contributed by atoms with Gasteiger partial charge in [-0.05, 0) is 35.7 Å². The minimum absolute atomic E-state index is 0.0559. The fourth-order valence-electron chi connectivity index (χ4n) is 3.34. The zero-order valence-corrected chi connectivity index (χ0v) is 14.4. The molecule has 1 saturated heterocycles. The lowest BCUT2D eigenvalue weighted by molar-refractivity contribution is 0.0762. The van der Waals surface area contributed by atoms with Crippen molar-refractivity contribution < 1.29 is 18.7 Å². The van der Waals surface area contributed by atoms with E-state index in [2.05, 4.69) is 5.32 Å². The fraction of sp³-hybridized carbons (Fsp3) is 0.368. The SMILES string of the molecule is O=C(Nc1ccc2c(c1)COC2)N1CCCN(C(=O)c2ccoc2)CC1. The quantitative estimate of drug-likeness (QED) is 0.899. The van der Waals surface area contributed by atoms with E-state index < -0.39 is 0 Å². The van der Waals surface area contributed by atoms with Gasteiger partial charge in [-0.2, -0.15) is 0 Å². The van der Waals surface area contributed by atoms with Crippen LogP contribution in [0.3, 0.4) is 0 Å². The Morgan fingerprint density at radius 2 is 1.77 bits per heavy atom. The van der Waals surface area contributed by atoms with E-state index in [1.54, 1.807) is 15.9 Å². The Hall–Kier alpha value is -2.80. The van der Waals surface area contributed by atoms with Crippen molar-refractivity contribution in [1.29, 1.82) is 0 Å². The summed E-state index contributed by atoms with van der Waals surface area (Å²) in [5.41, 5.74) is 3.61. The van der Waals surface area contributed by atoms with Gasteiger partial charge in [0.05, 0.1) is 25.0 Å².